The van der Waals surface area contributed by atoms with E-state index in [1.54, 1.807) is 0 Å². The maximum atomic E-state index is 3.69. The third-order valence-corrected chi connectivity index (χ3v) is 5.20. The van der Waals surface area contributed by atoms with Crippen molar-refractivity contribution in [2.45, 2.75) is 64.7 Å². The summed E-state index contributed by atoms with van der Waals surface area (Å²) in [5, 5.41) is 3.69. The Morgan fingerprint density at radius 1 is 0.750 bits per heavy atom. The third-order valence-electron chi connectivity index (χ3n) is 5.20. The zero-order valence-electron chi connectivity index (χ0n) is 15.1. The highest BCUT2D eigenvalue weighted by molar-refractivity contribution is 5.81. The molecule has 0 radical (unpaired) electrons. The standard InChI is InChI=1S/C23H31N/c1-2-3-4-5-6-7-8-11-17-24-23-16-12-15-21-20-14-10-9-13-19(20)18-22(21)23/h9-10,12-16,24H,2-8,11,17-18H2,1H3. The van der Waals surface area contributed by atoms with Gasteiger partial charge in [-0.25, -0.2) is 0 Å². The minimum atomic E-state index is 1.08. The number of nitrogens with one attached hydrogen (secondary N) is 1. The van der Waals surface area contributed by atoms with Gasteiger partial charge in [0.25, 0.3) is 0 Å². The lowest BCUT2D eigenvalue weighted by molar-refractivity contribution is 0.581. The Hall–Kier alpha value is -1.76. The average molecular weight is 322 g/mol. The highest BCUT2D eigenvalue weighted by atomic mass is 14.9. The van der Waals surface area contributed by atoms with Gasteiger partial charge in [0.2, 0.25) is 0 Å². The number of hydrogen-bond donors (Lipinski definition) is 1. The van der Waals surface area contributed by atoms with E-state index < -0.39 is 0 Å². The highest BCUT2D eigenvalue weighted by Gasteiger charge is 2.19. The molecule has 3 rings (SSSR count). The molecule has 24 heavy (non-hydrogen) atoms. The van der Waals surface area contributed by atoms with Crippen molar-refractivity contribution < 1.29 is 0 Å². The van der Waals surface area contributed by atoms with E-state index in [1.807, 2.05) is 0 Å². The summed E-state index contributed by atoms with van der Waals surface area (Å²) in [5.41, 5.74) is 7.13. The first-order valence-corrected chi connectivity index (χ1v) is 9.84. The largest absolute Gasteiger partial charge is 0.385 e. The van der Waals surface area contributed by atoms with Crippen LogP contribution in [0.2, 0.25) is 0 Å². The summed E-state index contributed by atoms with van der Waals surface area (Å²) in [6.45, 7) is 3.38. The minimum absolute atomic E-state index is 1.08. The van der Waals surface area contributed by atoms with Gasteiger partial charge in [0, 0.05) is 18.7 Å². The van der Waals surface area contributed by atoms with E-state index >= 15 is 0 Å². The zero-order valence-corrected chi connectivity index (χ0v) is 15.1. The number of hydrogen-bond acceptors (Lipinski definition) is 1. The van der Waals surface area contributed by atoms with Crippen LogP contribution in [-0.2, 0) is 6.42 Å². The summed E-state index contributed by atoms with van der Waals surface area (Å²) in [7, 11) is 0. The van der Waals surface area contributed by atoms with Crippen LogP contribution in [0.5, 0.6) is 0 Å². The highest BCUT2D eigenvalue weighted by Crippen LogP contribution is 2.39. The summed E-state index contributed by atoms with van der Waals surface area (Å²) in [6, 6.07) is 15.5. The van der Waals surface area contributed by atoms with E-state index in [0.29, 0.717) is 0 Å². The molecular weight excluding hydrogens is 290 g/mol. The Labute approximate surface area is 147 Å². The van der Waals surface area contributed by atoms with Crippen LogP contribution in [0.4, 0.5) is 5.69 Å². The molecule has 1 nitrogen and oxygen atoms in total. The Morgan fingerprint density at radius 3 is 2.29 bits per heavy atom. The quantitative estimate of drug-likeness (QED) is 0.404. The van der Waals surface area contributed by atoms with E-state index in [0.717, 1.165) is 13.0 Å². The molecule has 128 valence electrons. The second-order valence-corrected chi connectivity index (χ2v) is 7.07. The molecule has 2 aromatic rings. The molecule has 0 aromatic heterocycles. The monoisotopic (exact) mass is 321 g/mol. The molecule has 0 aliphatic heterocycles. The maximum absolute atomic E-state index is 3.69. The summed E-state index contributed by atoms with van der Waals surface area (Å²) in [6.07, 6.45) is 12.1. The van der Waals surface area contributed by atoms with Crippen molar-refractivity contribution in [1.82, 2.24) is 0 Å². The van der Waals surface area contributed by atoms with Crippen molar-refractivity contribution in [3.05, 3.63) is 53.6 Å². The molecule has 0 atom stereocenters. The fourth-order valence-corrected chi connectivity index (χ4v) is 3.80. The van der Waals surface area contributed by atoms with Crippen molar-refractivity contribution in [2.75, 3.05) is 11.9 Å². The first-order chi connectivity index (χ1) is 11.9. The number of benzene rings is 2. The number of rotatable bonds is 10. The Balaban J connectivity index is 1.43. The van der Waals surface area contributed by atoms with Gasteiger partial charge in [0.15, 0.2) is 0 Å². The SMILES string of the molecule is CCCCCCCCCCNc1cccc2c1Cc1ccccc1-2. The van der Waals surface area contributed by atoms with Crippen molar-refractivity contribution in [3.8, 4) is 11.1 Å². The number of unbranched alkanes of at least 4 members (excludes halogenated alkanes) is 7. The predicted molar refractivity (Wildman–Crippen MR) is 106 cm³/mol. The van der Waals surface area contributed by atoms with Gasteiger partial charge in [0.1, 0.15) is 0 Å². The van der Waals surface area contributed by atoms with Gasteiger partial charge >= 0.3 is 0 Å². The molecule has 0 saturated carbocycles. The van der Waals surface area contributed by atoms with Crippen LogP contribution in [0.25, 0.3) is 11.1 Å². The molecule has 0 saturated heterocycles. The van der Waals surface area contributed by atoms with Crippen molar-refractivity contribution in [3.63, 3.8) is 0 Å². The normalized spacial score (nSPS) is 12.0. The number of anilines is 1. The second-order valence-electron chi connectivity index (χ2n) is 7.07. The van der Waals surface area contributed by atoms with E-state index in [4.69, 9.17) is 0 Å². The molecule has 2 aromatic carbocycles. The molecule has 0 amide bonds. The lowest BCUT2D eigenvalue weighted by Gasteiger charge is -2.11. The Morgan fingerprint density at radius 2 is 1.46 bits per heavy atom. The topological polar surface area (TPSA) is 12.0 Å². The van der Waals surface area contributed by atoms with Gasteiger partial charge in [-0.05, 0) is 34.7 Å². The lowest BCUT2D eigenvalue weighted by Crippen LogP contribution is -2.04. The van der Waals surface area contributed by atoms with E-state index in [2.05, 4.69) is 54.7 Å². The Bertz CT molecular complexity index is 644. The van der Waals surface area contributed by atoms with E-state index in [-0.39, 0.29) is 0 Å². The fraction of sp³-hybridized carbons (Fsp3) is 0.478. The van der Waals surface area contributed by atoms with Gasteiger partial charge in [-0.15, -0.1) is 0 Å². The minimum Gasteiger partial charge on any atom is -0.385 e. The predicted octanol–water partition coefficient (Wildman–Crippen LogP) is 6.81. The van der Waals surface area contributed by atoms with Crippen LogP contribution in [0.1, 0.15) is 69.4 Å². The zero-order chi connectivity index (χ0) is 16.6. The first kappa shape index (κ1) is 17.1. The van der Waals surface area contributed by atoms with Crippen molar-refractivity contribution in [2.24, 2.45) is 0 Å². The molecule has 0 fully saturated rings. The molecule has 1 N–H and O–H groups in total. The van der Waals surface area contributed by atoms with Crippen LogP contribution < -0.4 is 5.32 Å². The van der Waals surface area contributed by atoms with Gasteiger partial charge in [0.05, 0.1) is 0 Å². The average Bonchev–Trinajstić information content (AvgIpc) is 3.00. The second kappa shape index (κ2) is 8.92. The molecule has 0 unspecified atom stereocenters. The Kier molecular flexibility index (Phi) is 6.34. The summed E-state index contributed by atoms with van der Waals surface area (Å²) in [4.78, 5) is 0. The van der Waals surface area contributed by atoms with Crippen LogP contribution in [0, 0.1) is 0 Å². The van der Waals surface area contributed by atoms with Crippen molar-refractivity contribution >= 4 is 5.69 Å². The van der Waals surface area contributed by atoms with Crippen LogP contribution in [0.3, 0.4) is 0 Å². The van der Waals surface area contributed by atoms with Gasteiger partial charge in [-0.1, -0.05) is 88.3 Å². The molecule has 1 aliphatic carbocycles. The molecule has 0 heterocycles. The van der Waals surface area contributed by atoms with Gasteiger partial charge in [-0.3, -0.25) is 0 Å². The summed E-state index contributed by atoms with van der Waals surface area (Å²) >= 11 is 0. The van der Waals surface area contributed by atoms with Crippen LogP contribution >= 0.6 is 0 Å². The lowest BCUT2D eigenvalue weighted by atomic mass is 10.0. The van der Waals surface area contributed by atoms with Crippen LogP contribution in [-0.4, -0.2) is 6.54 Å². The number of fused-ring (bicyclic) bond motifs is 3. The van der Waals surface area contributed by atoms with E-state index in [1.165, 1.54) is 79.3 Å². The summed E-state index contributed by atoms with van der Waals surface area (Å²) in [5.74, 6) is 0. The fourth-order valence-electron chi connectivity index (χ4n) is 3.80. The molecule has 1 aliphatic rings. The molecule has 1 heteroatoms. The van der Waals surface area contributed by atoms with E-state index in [9.17, 15) is 0 Å². The summed E-state index contributed by atoms with van der Waals surface area (Å²) < 4.78 is 0. The van der Waals surface area contributed by atoms with Crippen LogP contribution in [0.15, 0.2) is 42.5 Å². The molecule has 0 bridgehead atoms. The maximum Gasteiger partial charge on any atom is 0.0382 e. The smallest absolute Gasteiger partial charge is 0.0382 e. The van der Waals surface area contributed by atoms with Gasteiger partial charge in [-0.2, -0.15) is 0 Å². The molecule has 0 spiro atoms. The van der Waals surface area contributed by atoms with Crippen molar-refractivity contribution in [1.29, 1.82) is 0 Å². The first-order valence-electron chi connectivity index (χ1n) is 9.84. The molecular formula is C23H31N. The van der Waals surface area contributed by atoms with Gasteiger partial charge < -0.3 is 5.32 Å². The third kappa shape index (κ3) is 4.20.